The normalized spacial score (nSPS) is 11.7. The molecule has 0 aliphatic rings. The third-order valence-electron chi connectivity index (χ3n) is 3.93. The highest BCUT2D eigenvalue weighted by Gasteiger charge is 2.31. The van der Waals surface area contributed by atoms with Gasteiger partial charge in [0.1, 0.15) is 20.9 Å². The molecule has 0 saturated carbocycles. The molecule has 0 N–H and O–H groups in total. The molecule has 3 aromatic rings. The van der Waals surface area contributed by atoms with E-state index in [1.165, 1.54) is 31.6 Å². The predicted octanol–water partition coefficient (Wildman–Crippen LogP) is 2.98. The summed E-state index contributed by atoms with van der Waals surface area (Å²) in [6.45, 7) is 3.61. The molecule has 0 unspecified atom stereocenters. The maximum absolute atomic E-state index is 13.1. The average Bonchev–Trinajstić information content (AvgIpc) is 3.18. The van der Waals surface area contributed by atoms with Gasteiger partial charge in [-0.3, -0.25) is 4.31 Å². The lowest BCUT2D eigenvalue weighted by atomic mass is 10.1. The predicted molar refractivity (Wildman–Crippen MR) is 98.1 cm³/mol. The molecule has 7 nitrogen and oxygen atoms in total. The van der Waals surface area contributed by atoms with E-state index in [0.29, 0.717) is 21.6 Å². The van der Waals surface area contributed by atoms with Gasteiger partial charge in [0.05, 0.1) is 24.4 Å². The van der Waals surface area contributed by atoms with Gasteiger partial charge in [0.25, 0.3) is 10.0 Å². The van der Waals surface area contributed by atoms with Crippen LogP contribution in [-0.4, -0.2) is 37.3 Å². The van der Waals surface area contributed by atoms with Crippen LogP contribution in [0.4, 0.5) is 5.00 Å². The second-order valence-corrected chi connectivity index (χ2v) is 8.98. The van der Waals surface area contributed by atoms with Gasteiger partial charge in [-0.15, -0.1) is 11.3 Å². The van der Waals surface area contributed by atoms with Gasteiger partial charge >= 0.3 is 5.97 Å². The number of fused-ring (bicyclic) bond motifs is 1. The standard InChI is InChI=1S/C15H15N3O4S3/c1-8-9(2)23-14(12(8)15(19)22-4)18(3)25(20,21)11-7-5-6-10-13(11)17-24-16-10/h5-7H,1-4H3. The summed E-state index contributed by atoms with van der Waals surface area (Å²) in [5.41, 5.74) is 1.82. The number of thiophene rings is 1. The molecule has 2 aromatic heterocycles. The summed E-state index contributed by atoms with van der Waals surface area (Å²) in [7, 11) is -1.22. The molecular formula is C15H15N3O4S3. The number of ether oxygens (including phenoxy) is 1. The Morgan fingerprint density at radius 2 is 1.96 bits per heavy atom. The van der Waals surface area contributed by atoms with Crippen molar-refractivity contribution in [2.24, 2.45) is 0 Å². The summed E-state index contributed by atoms with van der Waals surface area (Å²) in [5.74, 6) is -0.563. The number of carbonyl (C=O) groups is 1. The smallest absolute Gasteiger partial charge is 0.341 e. The van der Waals surface area contributed by atoms with Gasteiger partial charge in [-0.05, 0) is 31.5 Å². The van der Waals surface area contributed by atoms with E-state index in [1.54, 1.807) is 19.1 Å². The molecule has 1 aromatic carbocycles. The molecular weight excluding hydrogens is 382 g/mol. The quantitative estimate of drug-likeness (QED) is 0.629. The van der Waals surface area contributed by atoms with Crippen molar-refractivity contribution in [1.82, 2.24) is 8.75 Å². The van der Waals surface area contributed by atoms with Crippen molar-refractivity contribution in [2.45, 2.75) is 18.7 Å². The summed E-state index contributed by atoms with van der Waals surface area (Å²) < 4.78 is 40.4. The van der Waals surface area contributed by atoms with Crippen LogP contribution >= 0.6 is 23.1 Å². The van der Waals surface area contributed by atoms with Crippen molar-refractivity contribution in [3.63, 3.8) is 0 Å². The molecule has 0 aliphatic carbocycles. The van der Waals surface area contributed by atoms with Crippen LogP contribution < -0.4 is 4.31 Å². The fraction of sp³-hybridized carbons (Fsp3) is 0.267. The minimum absolute atomic E-state index is 0.0563. The van der Waals surface area contributed by atoms with E-state index in [0.717, 1.165) is 20.9 Å². The van der Waals surface area contributed by atoms with Crippen LogP contribution in [0.15, 0.2) is 23.1 Å². The van der Waals surface area contributed by atoms with Gasteiger partial charge in [0.2, 0.25) is 0 Å². The van der Waals surface area contributed by atoms with Gasteiger partial charge < -0.3 is 4.74 Å². The largest absolute Gasteiger partial charge is 0.465 e. The number of rotatable bonds is 4. The number of carbonyl (C=O) groups excluding carboxylic acids is 1. The van der Waals surface area contributed by atoms with Gasteiger partial charge in [-0.2, -0.15) is 8.75 Å². The number of sulfonamides is 1. The minimum atomic E-state index is -3.92. The Labute approximate surface area is 153 Å². The molecule has 25 heavy (non-hydrogen) atoms. The van der Waals surface area contributed by atoms with Gasteiger partial charge in [-0.25, -0.2) is 13.2 Å². The number of esters is 1. The maximum atomic E-state index is 13.1. The van der Waals surface area contributed by atoms with Crippen LogP contribution in [0.25, 0.3) is 11.0 Å². The fourth-order valence-corrected chi connectivity index (χ4v) is 5.69. The summed E-state index contributed by atoms with van der Waals surface area (Å²) in [6, 6.07) is 4.81. The molecule has 132 valence electrons. The van der Waals surface area contributed by atoms with Crippen molar-refractivity contribution < 1.29 is 17.9 Å². The van der Waals surface area contributed by atoms with E-state index >= 15 is 0 Å². The number of methoxy groups -OCH3 is 1. The van der Waals surface area contributed by atoms with Gasteiger partial charge in [0.15, 0.2) is 0 Å². The summed E-state index contributed by atoms with van der Waals surface area (Å²) >= 11 is 2.19. The lowest BCUT2D eigenvalue weighted by Crippen LogP contribution is -2.27. The molecule has 0 fully saturated rings. The zero-order chi connectivity index (χ0) is 18.4. The Morgan fingerprint density at radius 3 is 2.64 bits per heavy atom. The SMILES string of the molecule is COC(=O)c1c(N(C)S(=O)(=O)c2cccc3nsnc23)sc(C)c1C. The van der Waals surface area contributed by atoms with Crippen LogP contribution in [0.1, 0.15) is 20.8 Å². The highest BCUT2D eigenvalue weighted by Crippen LogP contribution is 2.38. The highest BCUT2D eigenvalue weighted by molar-refractivity contribution is 7.93. The number of anilines is 1. The van der Waals surface area contributed by atoms with Crippen LogP contribution in [0, 0.1) is 13.8 Å². The first-order valence-electron chi connectivity index (χ1n) is 7.17. The Hall–Kier alpha value is -2.04. The first kappa shape index (κ1) is 17.8. The third kappa shape index (κ3) is 2.79. The van der Waals surface area contributed by atoms with Crippen molar-refractivity contribution in [2.75, 3.05) is 18.5 Å². The molecule has 10 heteroatoms. The van der Waals surface area contributed by atoms with E-state index in [9.17, 15) is 13.2 Å². The molecule has 2 heterocycles. The minimum Gasteiger partial charge on any atom is -0.465 e. The number of aromatic nitrogens is 2. The molecule has 0 atom stereocenters. The Kier molecular flexibility index (Phi) is 4.52. The molecule has 0 bridgehead atoms. The Bertz CT molecular complexity index is 1070. The highest BCUT2D eigenvalue weighted by atomic mass is 32.2. The summed E-state index contributed by atoms with van der Waals surface area (Å²) in [6.07, 6.45) is 0. The number of hydrogen-bond acceptors (Lipinski definition) is 8. The zero-order valence-corrected chi connectivity index (χ0v) is 16.4. The molecule has 0 saturated heterocycles. The second-order valence-electron chi connectivity index (χ2n) is 5.32. The molecule has 0 radical (unpaired) electrons. The monoisotopic (exact) mass is 397 g/mol. The lowest BCUT2D eigenvalue weighted by Gasteiger charge is -2.19. The maximum Gasteiger partial charge on any atom is 0.341 e. The van der Waals surface area contributed by atoms with E-state index in [4.69, 9.17) is 4.74 Å². The van der Waals surface area contributed by atoms with Gasteiger partial charge in [-0.1, -0.05) is 6.07 Å². The van der Waals surface area contributed by atoms with E-state index < -0.39 is 16.0 Å². The number of aryl methyl sites for hydroxylation is 1. The van der Waals surface area contributed by atoms with Crippen LogP contribution in [0.3, 0.4) is 0 Å². The summed E-state index contributed by atoms with van der Waals surface area (Å²) in [4.78, 5) is 13.1. The zero-order valence-electron chi connectivity index (χ0n) is 13.9. The van der Waals surface area contributed by atoms with Crippen LogP contribution in [0.5, 0.6) is 0 Å². The van der Waals surface area contributed by atoms with Crippen LogP contribution in [0.2, 0.25) is 0 Å². The topological polar surface area (TPSA) is 89.5 Å². The molecule has 0 amide bonds. The van der Waals surface area contributed by atoms with Crippen molar-refractivity contribution in [3.8, 4) is 0 Å². The number of nitrogens with zero attached hydrogens (tertiary/aromatic N) is 3. The van der Waals surface area contributed by atoms with Crippen molar-refractivity contribution in [1.29, 1.82) is 0 Å². The van der Waals surface area contributed by atoms with Crippen molar-refractivity contribution >= 4 is 55.1 Å². The Morgan fingerprint density at radius 1 is 1.24 bits per heavy atom. The average molecular weight is 398 g/mol. The fourth-order valence-electron chi connectivity index (χ4n) is 2.42. The first-order valence-corrected chi connectivity index (χ1v) is 10.2. The summed E-state index contributed by atoms with van der Waals surface area (Å²) in [5, 5.41) is 0.321. The van der Waals surface area contributed by atoms with E-state index in [-0.39, 0.29) is 10.5 Å². The number of benzene rings is 1. The lowest BCUT2D eigenvalue weighted by molar-refractivity contribution is 0.0601. The molecule has 0 aliphatic heterocycles. The molecule has 0 spiro atoms. The Balaban J connectivity index is 2.18. The second kappa shape index (κ2) is 6.36. The first-order chi connectivity index (χ1) is 11.8. The third-order valence-corrected chi connectivity index (χ3v) is 7.66. The van der Waals surface area contributed by atoms with E-state index in [2.05, 4.69) is 8.75 Å². The van der Waals surface area contributed by atoms with Crippen molar-refractivity contribution in [3.05, 3.63) is 34.2 Å². The van der Waals surface area contributed by atoms with E-state index in [1.807, 2.05) is 6.92 Å². The van der Waals surface area contributed by atoms with Gasteiger partial charge in [0, 0.05) is 11.9 Å². The van der Waals surface area contributed by atoms with Crippen LogP contribution in [-0.2, 0) is 14.8 Å². The molecule has 3 rings (SSSR count). The number of hydrogen-bond donors (Lipinski definition) is 0.